The van der Waals surface area contributed by atoms with Gasteiger partial charge in [0, 0.05) is 6.42 Å². The molecule has 0 fully saturated rings. The summed E-state index contributed by atoms with van der Waals surface area (Å²) in [7, 11) is 0. The molecule has 50 valence electrons. The molecule has 0 radical (unpaired) electrons. The maximum atomic E-state index is 11.9. The Morgan fingerprint density at radius 3 is 1.88 bits per heavy atom. The third-order valence-electron chi connectivity index (χ3n) is 0.386. The Hall–Kier alpha value is 1.66. The van der Waals surface area contributed by atoms with E-state index in [2.05, 4.69) is 47.8 Å². The third-order valence-corrected chi connectivity index (χ3v) is 1.51. The Morgan fingerprint density at radius 2 is 1.88 bits per heavy atom. The van der Waals surface area contributed by atoms with Gasteiger partial charge in [0.15, 0.2) is 5.63 Å². The van der Waals surface area contributed by atoms with Crippen molar-refractivity contribution in [2.24, 2.45) is 0 Å². The van der Waals surface area contributed by atoms with Crippen molar-refractivity contribution in [3.05, 3.63) is 0 Å². The molecule has 0 aromatic rings. The minimum atomic E-state index is -1.33. The standard InChI is InChI=1S/C3H3Br3ClF/c4-3(5,6)1-2(7)8/h2H,1H2. The fourth-order valence-corrected chi connectivity index (χ4v) is 1.82. The number of halogens is 5. The first kappa shape index (κ1) is 9.66. The van der Waals surface area contributed by atoms with Gasteiger partial charge in [-0.2, -0.15) is 0 Å². The SMILES string of the molecule is FC(Cl)CC(Br)(Br)Br. The van der Waals surface area contributed by atoms with E-state index in [0.29, 0.717) is 0 Å². The number of alkyl halides is 5. The summed E-state index contributed by atoms with van der Waals surface area (Å²) in [6.07, 6.45) is 0.175. The molecule has 0 aliphatic carbocycles. The highest BCUT2D eigenvalue weighted by Crippen LogP contribution is 2.39. The first-order valence-electron chi connectivity index (χ1n) is 1.77. The van der Waals surface area contributed by atoms with E-state index in [0.717, 1.165) is 0 Å². The Morgan fingerprint density at radius 1 is 1.50 bits per heavy atom. The van der Waals surface area contributed by atoms with Crippen LogP contribution in [-0.4, -0.2) is 7.77 Å². The Labute approximate surface area is 77.5 Å². The topological polar surface area (TPSA) is 0 Å². The van der Waals surface area contributed by atoms with E-state index in [-0.39, 0.29) is 6.42 Å². The van der Waals surface area contributed by atoms with E-state index < -0.39 is 7.77 Å². The van der Waals surface area contributed by atoms with Gasteiger partial charge in [-0.05, 0) is 0 Å². The summed E-state index contributed by atoms with van der Waals surface area (Å²) >= 11 is 14.3. The first-order valence-corrected chi connectivity index (χ1v) is 4.58. The lowest BCUT2D eigenvalue weighted by atomic mass is 10.5. The van der Waals surface area contributed by atoms with Gasteiger partial charge in [0.1, 0.15) is 2.14 Å². The maximum absolute atomic E-state index is 11.9. The molecule has 0 N–H and O–H groups in total. The van der Waals surface area contributed by atoms with Crippen LogP contribution in [0.3, 0.4) is 0 Å². The van der Waals surface area contributed by atoms with Gasteiger partial charge in [-0.3, -0.25) is 0 Å². The lowest BCUT2D eigenvalue weighted by molar-refractivity contribution is 0.431. The van der Waals surface area contributed by atoms with E-state index in [1.807, 2.05) is 0 Å². The third kappa shape index (κ3) is 7.66. The van der Waals surface area contributed by atoms with Crippen molar-refractivity contribution in [2.45, 2.75) is 14.2 Å². The molecule has 1 atom stereocenters. The van der Waals surface area contributed by atoms with Crippen molar-refractivity contribution in [3.8, 4) is 0 Å². The summed E-state index contributed by atoms with van der Waals surface area (Å²) in [6, 6.07) is 0. The summed E-state index contributed by atoms with van der Waals surface area (Å²) in [5, 5.41) is 0. The van der Waals surface area contributed by atoms with Gasteiger partial charge in [-0.15, -0.1) is 0 Å². The largest absolute Gasteiger partial charge is 0.230 e. The zero-order valence-corrected chi connectivity index (χ0v) is 9.19. The highest BCUT2D eigenvalue weighted by atomic mass is 80.0. The molecular formula is C3H3Br3ClF. The molecule has 0 heterocycles. The van der Waals surface area contributed by atoms with Crippen LogP contribution in [0.15, 0.2) is 0 Å². The lowest BCUT2D eigenvalue weighted by Gasteiger charge is -2.09. The smallest absolute Gasteiger partial charge is 0.176 e. The zero-order valence-electron chi connectivity index (χ0n) is 3.67. The molecule has 0 amide bonds. The highest BCUT2D eigenvalue weighted by molar-refractivity contribution is 9.39. The number of hydrogen-bond donors (Lipinski definition) is 0. The van der Waals surface area contributed by atoms with Gasteiger partial charge in [0.25, 0.3) is 0 Å². The number of hydrogen-bond acceptors (Lipinski definition) is 0. The molecule has 0 nitrogen and oxygen atoms in total. The van der Waals surface area contributed by atoms with E-state index in [1.54, 1.807) is 0 Å². The Kier molecular flexibility index (Phi) is 4.51. The minimum absolute atomic E-state index is 0.175. The van der Waals surface area contributed by atoms with Crippen LogP contribution in [0.25, 0.3) is 0 Å². The van der Waals surface area contributed by atoms with Crippen molar-refractivity contribution in [3.63, 3.8) is 0 Å². The molecule has 0 aromatic carbocycles. The van der Waals surface area contributed by atoms with E-state index in [9.17, 15) is 4.39 Å². The molecule has 0 aliphatic rings. The van der Waals surface area contributed by atoms with Gasteiger partial charge in [0.2, 0.25) is 0 Å². The van der Waals surface area contributed by atoms with Crippen molar-refractivity contribution in [1.82, 2.24) is 0 Å². The van der Waals surface area contributed by atoms with Gasteiger partial charge >= 0.3 is 0 Å². The average molecular weight is 333 g/mol. The van der Waals surface area contributed by atoms with Crippen LogP contribution in [-0.2, 0) is 0 Å². The van der Waals surface area contributed by atoms with Crippen molar-refractivity contribution in [2.75, 3.05) is 0 Å². The second kappa shape index (κ2) is 3.74. The van der Waals surface area contributed by atoms with E-state index >= 15 is 0 Å². The molecular weight excluding hydrogens is 330 g/mol. The van der Waals surface area contributed by atoms with E-state index in [4.69, 9.17) is 11.6 Å². The highest BCUT2D eigenvalue weighted by Gasteiger charge is 2.21. The summed E-state index contributed by atoms with van der Waals surface area (Å²) in [6.45, 7) is 0. The van der Waals surface area contributed by atoms with Crippen LogP contribution >= 0.6 is 59.4 Å². The quantitative estimate of drug-likeness (QED) is 0.641. The zero-order chi connectivity index (χ0) is 6.78. The molecule has 0 rings (SSSR count). The summed E-state index contributed by atoms with van der Waals surface area (Å²) in [4.78, 5) is 0. The van der Waals surface area contributed by atoms with Crippen molar-refractivity contribution in [1.29, 1.82) is 0 Å². The summed E-state index contributed by atoms with van der Waals surface area (Å²) in [5.74, 6) is 0. The second-order valence-electron chi connectivity index (χ2n) is 1.21. The molecule has 0 saturated carbocycles. The lowest BCUT2D eigenvalue weighted by Crippen LogP contribution is -2.04. The van der Waals surface area contributed by atoms with Gasteiger partial charge in [0.05, 0.1) is 0 Å². The maximum Gasteiger partial charge on any atom is 0.176 e. The molecule has 0 bridgehead atoms. The average Bonchev–Trinajstić information content (AvgIpc) is 1.21. The van der Waals surface area contributed by atoms with Crippen LogP contribution < -0.4 is 0 Å². The molecule has 5 heteroatoms. The van der Waals surface area contributed by atoms with Crippen molar-refractivity contribution < 1.29 is 4.39 Å². The molecule has 8 heavy (non-hydrogen) atoms. The number of rotatable bonds is 1. The molecule has 0 aliphatic heterocycles. The van der Waals surface area contributed by atoms with E-state index in [1.165, 1.54) is 0 Å². The Balaban J connectivity index is 3.39. The van der Waals surface area contributed by atoms with Crippen LogP contribution in [0, 0.1) is 0 Å². The summed E-state index contributed by atoms with van der Waals surface area (Å²) in [5.41, 5.74) is -1.33. The molecule has 0 saturated heterocycles. The predicted molar refractivity (Wildman–Crippen MR) is 44.9 cm³/mol. The van der Waals surface area contributed by atoms with Crippen LogP contribution in [0.4, 0.5) is 4.39 Å². The van der Waals surface area contributed by atoms with Gasteiger partial charge < -0.3 is 0 Å². The van der Waals surface area contributed by atoms with Crippen LogP contribution in [0.5, 0.6) is 0 Å². The van der Waals surface area contributed by atoms with Gasteiger partial charge in [-0.25, -0.2) is 4.39 Å². The second-order valence-corrected chi connectivity index (χ2v) is 8.94. The normalized spacial score (nSPS) is 16.1. The Bertz CT molecular complexity index is 69.4. The molecule has 1 unspecified atom stereocenters. The van der Waals surface area contributed by atoms with Crippen molar-refractivity contribution >= 4 is 59.4 Å². The predicted octanol–water partition coefficient (Wildman–Crippen LogP) is 3.75. The molecule has 0 aromatic heterocycles. The first-order chi connectivity index (χ1) is 3.42. The van der Waals surface area contributed by atoms with Crippen LogP contribution in [0.1, 0.15) is 6.42 Å². The minimum Gasteiger partial charge on any atom is -0.230 e. The fraction of sp³-hybridized carbons (Fsp3) is 1.00. The van der Waals surface area contributed by atoms with Crippen LogP contribution in [0.2, 0.25) is 0 Å². The fourth-order valence-electron chi connectivity index (χ4n) is 0.175. The molecule has 0 spiro atoms. The van der Waals surface area contributed by atoms with Gasteiger partial charge in [-0.1, -0.05) is 59.4 Å². The summed E-state index contributed by atoms with van der Waals surface area (Å²) < 4.78 is 11.3. The monoisotopic (exact) mass is 330 g/mol.